The Balaban J connectivity index is 2.05. The van der Waals surface area contributed by atoms with Gasteiger partial charge in [-0.25, -0.2) is 0 Å². The second kappa shape index (κ2) is 5.12. The summed E-state index contributed by atoms with van der Waals surface area (Å²) in [5.41, 5.74) is 5.77. The molecular weight excluding hydrogens is 242 g/mol. The number of likely N-dealkylation sites (tertiary alicyclic amines) is 2. The minimum Gasteiger partial charge on any atom is -0.341 e. The molecule has 5 heteroatoms. The topological polar surface area (TPSA) is 66.6 Å². The van der Waals surface area contributed by atoms with Crippen LogP contribution in [0.1, 0.15) is 40.0 Å². The van der Waals surface area contributed by atoms with Crippen LogP contribution in [0.4, 0.5) is 0 Å². The van der Waals surface area contributed by atoms with Gasteiger partial charge in [-0.3, -0.25) is 9.59 Å². The summed E-state index contributed by atoms with van der Waals surface area (Å²) in [6.45, 7) is 8.20. The van der Waals surface area contributed by atoms with E-state index in [-0.39, 0.29) is 23.3 Å². The van der Waals surface area contributed by atoms with Gasteiger partial charge in [-0.1, -0.05) is 20.8 Å². The van der Waals surface area contributed by atoms with Gasteiger partial charge < -0.3 is 15.5 Å². The number of hydrogen-bond donors (Lipinski definition) is 1. The lowest BCUT2D eigenvalue weighted by molar-refractivity contribution is -0.147. The zero-order chi connectivity index (χ0) is 14.2. The third-order valence-electron chi connectivity index (χ3n) is 4.19. The minimum absolute atomic E-state index is 0.0797. The average Bonchev–Trinajstić information content (AvgIpc) is 2.71. The number of carbonyl (C=O) groups is 2. The number of carbonyl (C=O) groups excluding carboxylic acids is 2. The Morgan fingerprint density at radius 2 is 1.79 bits per heavy atom. The molecule has 2 aliphatic heterocycles. The van der Waals surface area contributed by atoms with Gasteiger partial charge in [0.2, 0.25) is 11.8 Å². The standard InChI is InChI=1S/C14H25N3O2/c1-14(2,3)11(15)13(19)17-9-4-6-10(17)12(18)16-7-5-8-16/h10-11H,4-9,15H2,1-3H3/t10-,11?/m0/s1. The van der Waals surface area contributed by atoms with Gasteiger partial charge in [0.25, 0.3) is 0 Å². The van der Waals surface area contributed by atoms with Gasteiger partial charge in [-0.2, -0.15) is 0 Å². The van der Waals surface area contributed by atoms with E-state index >= 15 is 0 Å². The van der Waals surface area contributed by atoms with Crippen LogP contribution in [-0.2, 0) is 9.59 Å². The lowest BCUT2D eigenvalue weighted by atomic mass is 9.86. The smallest absolute Gasteiger partial charge is 0.245 e. The predicted molar refractivity (Wildman–Crippen MR) is 73.4 cm³/mol. The molecule has 1 unspecified atom stereocenters. The SMILES string of the molecule is CC(C)(C)C(N)C(=O)N1CCC[C@H]1C(=O)N1CCC1. The Labute approximate surface area is 115 Å². The first-order valence-electron chi connectivity index (χ1n) is 7.17. The summed E-state index contributed by atoms with van der Waals surface area (Å²) in [6, 6.07) is -0.821. The van der Waals surface area contributed by atoms with Gasteiger partial charge in [0.1, 0.15) is 6.04 Å². The first-order chi connectivity index (χ1) is 8.82. The largest absolute Gasteiger partial charge is 0.341 e. The van der Waals surface area contributed by atoms with E-state index in [1.165, 1.54) is 0 Å². The van der Waals surface area contributed by atoms with Crippen LogP contribution in [0.15, 0.2) is 0 Å². The van der Waals surface area contributed by atoms with E-state index in [0.717, 1.165) is 32.4 Å². The molecule has 0 radical (unpaired) electrons. The summed E-state index contributed by atoms with van der Waals surface area (Å²) < 4.78 is 0. The minimum atomic E-state index is -0.544. The highest BCUT2D eigenvalue weighted by Crippen LogP contribution is 2.26. The molecule has 19 heavy (non-hydrogen) atoms. The van der Waals surface area contributed by atoms with Crippen LogP contribution < -0.4 is 5.73 Å². The normalized spacial score (nSPS) is 25.2. The molecule has 0 bridgehead atoms. The fourth-order valence-electron chi connectivity index (χ4n) is 2.58. The summed E-state index contributed by atoms with van der Waals surface area (Å²) in [5, 5.41) is 0. The Morgan fingerprint density at radius 3 is 2.26 bits per heavy atom. The molecule has 2 rings (SSSR count). The Bertz CT molecular complexity index is 371. The van der Waals surface area contributed by atoms with Crippen molar-refractivity contribution in [3.8, 4) is 0 Å². The predicted octanol–water partition coefficient (Wildman–Crippen LogP) is 0.583. The molecule has 0 saturated carbocycles. The van der Waals surface area contributed by atoms with Crippen molar-refractivity contribution in [3.63, 3.8) is 0 Å². The van der Waals surface area contributed by atoms with Crippen LogP contribution in [0, 0.1) is 5.41 Å². The molecule has 2 fully saturated rings. The summed E-state index contributed by atoms with van der Waals surface area (Å²) in [7, 11) is 0. The maximum atomic E-state index is 12.5. The van der Waals surface area contributed by atoms with Crippen molar-refractivity contribution in [1.29, 1.82) is 0 Å². The second-order valence-electron chi connectivity index (χ2n) is 6.71. The molecule has 108 valence electrons. The highest BCUT2D eigenvalue weighted by atomic mass is 16.2. The molecular formula is C14H25N3O2. The number of amides is 2. The van der Waals surface area contributed by atoms with E-state index in [1.807, 2.05) is 25.7 Å². The van der Waals surface area contributed by atoms with Gasteiger partial charge >= 0.3 is 0 Å². The van der Waals surface area contributed by atoms with Gasteiger partial charge in [0, 0.05) is 19.6 Å². The van der Waals surface area contributed by atoms with Crippen molar-refractivity contribution < 1.29 is 9.59 Å². The zero-order valence-electron chi connectivity index (χ0n) is 12.2. The Hall–Kier alpha value is -1.10. The summed E-state index contributed by atoms with van der Waals surface area (Å²) in [5.74, 6) is 0.0297. The summed E-state index contributed by atoms with van der Waals surface area (Å²) in [6.07, 6.45) is 2.75. The molecule has 0 aromatic carbocycles. The third kappa shape index (κ3) is 2.76. The van der Waals surface area contributed by atoms with E-state index in [9.17, 15) is 9.59 Å². The molecule has 5 nitrogen and oxygen atoms in total. The number of nitrogens with two attached hydrogens (primary N) is 1. The van der Waals surface area contributed by atoms with Crippen molar-refractivity contribution in [2.75, 3.05) is 19.6 Å². The quantitative estimate of drug-likeness (QED) is 0.796. The lowest BCUT2D eigenvalue weighted by Crippen LogP contribution is -2.57. The third-order valence-corrected chi connectivity index (χ3v) is 4.19. The lowest BCUT2D eigenvalue weighted by Gasteiger charge is -2.37. The van der Waals surface area contributed by atoms with Crippen molar-refractivity contribution in [2.45, 2.75) is 52.1 Å². The van der Waals surface area contributed by atoms with Crippen LogP contribution in [0.3, 0.4) is 0 Å². The number of hydrogen-bond acceptors (Lipinski definition) is 3. The summed E-state index contributed by atoms with van der Waals surface area (Å²) >= 11 is 0. The van der Waals surface area contributed by atoms with Crippen molar-refractivity contribution >= 4 is 11.8 Å². The number of rotatable bonds is 2. The van der Waals surface area contributed by atoms with Crippen LogP contribution in [0.2, 0.25) is 0 Å². The summed E-state index contributed by atoms with van der Waals surface area (Å²) in [4.78, 5) is 28.3. The average molecular weight is 267 g/mol. The fourth-order valence-corrected chi connectivity index (χ4v) is 2.58. The van der Waals surface area contributed by atoms with Crippen molar-refractivity contribution in [1.82, 2.24) is 9.80 Å². The van der Waals surface area contributed by atoms with Crippen LogP contribution in [0.5, 0.6) is 0 Å². The monoisotopic (exact) mass is 267 g/mol. The van der Waals surface area contributed by atoms with E-state index in [2.05, 4.69) is 0 Å². The highest BCUT2D eigenvalue weighted by molar-refractivity contribution is 5.91. The van der Waals surface area contributed by atoms with E-state index in [1.54, 1.807) is 4.90 Å². The molecule has 2 saturated heterocycles. The van der Waals surface area contributed by atoms with Gasteiger partial charge in [-0.15, -0.1) is 0 Å². The van der Waals surface area contributed by atoms with E-state index in [4.69, 9.17) is 5.73 Å². The highest BCUT2D eigenvalue weighted by Gasteiger charge is 2.41. The molecule has 0 spiro atoms. The van der Waals surface area contributed by atoms with Gasteiger partial charge in [0.15, 0.2) is 0 Å². The fraction of sp³-hybridized carbons (Fsp3) is 0.857. The Kier molecular flexibility index (Phi) is 3.85. The van der Waals surface area contributed by atoms with E-state index in [0.29, 0.717) is 6.54 Å². The number of nitrogens with zero attached hydrogens (tertiary/aromatic N) is 2. The van der Waals surface area contributed by atoms with Crippen molar-refractivity contribution in [2.24, 2.45) is 11.1 Å². The maximum Gasteiger partial charge on any atom is 0.245 e. The zero-order valence-corrected chi connectivity index (χ0v) is 12.2. The molecule has 2 heterocycles. The van der Waals surface area contributed by atoms with Crippen LogP contribution in [0.25, 0.3) is 0 Å². The van der Waals surface area contributed by atoms with Crippen molar-refractivity contribution in [3.05, 3.63) is 0 Å². The van der Waals surface area contributed by atoms with E-state index < -0.39 is 6.04 Å². The maximum absolute atomic E-state index is 12.5. The van der Waals surface area contributed by atoms with Gasteiger partial charge in [0.05, 0.1) is 6.04 Å². The molecule has 0 aromatic heterocycles. The molecule has 0 aromatic rings. The Morgan fingerprint density at radius 1 is 1.16 bits per heavy atom. The molecule has 2 amide bonds. The first kappa shape index (κ1) is 14.3. The molecule has 0 aliphatic carbocycles. The molecule has 2 N–H and O–H groups in total. The van der Waals surface area contributed by atoms with Crippen LogP contribution in [-0.4, -0.2) is 53.3 Å². The molecule has 2 aliphatic rings. The van der Waals surface area contributed by atoms with Gasteiger partial charge in [-0.05, 0) is 24.7 Å². The molecule has 2 atom stereocenters. The second-order valence-corrected chi connectivity index (χ2v) is 6.71. The van der Waals surface area contributed by atoms with Crippen LogP contribution >= 0.6 is 0 Å². The first-order valence-corrected chi connectivity index (χ1v) is 7.17.